The minimum atomic E-state index is -4.10. The number of para-hydroxylation sites is 1. The van der Waals surface area contributed by atoms with Crippen LogP contribution in [0.4, 0.5) is 5.69 Å². The lowest BCUT2D eigenvalue weighted by Gasteiger charge is -2.26. The maximum atomic E-state index is 13.9. The molecule has 0 fully saturated rings. The van der Waals surface area contributed by atoms with Crippen molar-refractivity contribution in [3.8, 4) is 11.5 Å². The van der Waals surface area contributed by atoms with Crippen LogP contribution < -0.4 is 19.2 Å². The van der Waals surface area contributed by atoms with Gasteiger partial charge in [-0.25, -0.2) is 18.6 Å². The summed E-state index contributed by atoms with van der Waals surface area (Å²) in [6, 6.07) is 28.3. The van der Waals surface area contributed by atoms with Crippen molar-refractivity contribution in [3.63, 3.8) is 0 Å². The summed E-state index contributed by atoms with van der Waals surface area (Å²) in [6.45, 7) is -0.259. The Hall–Kier alpha value is -5.16. The van der Waals surface area contributed by atoms with Crippen LogP contribution >= 0.6 is 0 Å². The van der Waals surface area contributed by atoms with Crippen molar-refractivity contribution in [1.82, 2.24) is 5.43 Å². The number of carbonyl (C=O) groups is 2. The van der Waals surface area contributed by atoms with Gasteiger partial charge in [0.2, 0.25) is 0 Å². The normalized spacial score (nSPS) is 11.1. The van der Waals surface area contributed by atoms with Gasteiger partial charge in [0.1, 0.15) is 11.5 Å². The number of benzene rings is 4. The van der Waals surface area contributed by atoms with Gasteiger partial charge in [-0.05, 0) is 59.7 Å². The molecule has 4 rings (SSSR count). The fourth-order valence-electron chi connectivity index (χ4n) is 3.92. The average molecular weight is 588 g/mol. The molecular weight excluding hydrogens is 558 g/mol. The van der Waals surface area contributed by atoms with E-state index in [9.17, 15) is 18.0 Å². The number of nitrogens with zero attached hydrogens (tertiary/aromatic N) is 2. The van der Waals surface area contributed by atoms with Crippen molar-refractivity contribution in [3.05, 3.63) is 120 Å². The van der Waals surface area contributed by atoms with Crippen LogP contribution in [0.15, 0.2) is 113 Å². The molecule has 11 heteroatoms. The Morgan fingerprint density at radius 2 is 1.57 bits per heavy atom. The van der Waals surface area contributed by atoms with Crippen LogP contribution in [0, 0.1) is 0 Å². The number of sulfonamides is 1. The molecule has 1 amide bonds. The number of carbonyl (C=O) groups excluding carboxylic acids is 2. The molecule has 0 aliphatic heterocycles. The molecule has 0 aliphatic rings. The molecule has 0 radical (unpaired) electrons. The number of methoxy groups -OCH3 is 2. The van der Waals surface area contributed by atoms with E-state index in [1.165, 1.54) is 42.9 Å². The molecule has 0 aliphatic carbocycles. The van der Waals surface area contributed by atoms with Gasteiger partial charge in [-0.2, -0.15) is 5.10 Å². The molecule has 0 unspecified atom stereocenters. The number of nitrogens with one attached hydrogen (secondary N) is 1. The van der Waals surface area contributed by atoms with Crippen molar-refractivity contribution in [2.45, 2.75) is 11.4 Å². The van der Waals surface area contributed by atoms with Crippen LogP contribution in [0.1, 0.15) is 21.5 Å². The topological polar surface area (TPSA) is 124 Å². The van der Waals surface area contributed by atoms with Crippen LogP contribution in [-0.2, 0) is 26.1 Å². The molecule has 0 spiro atoms. The summed E-state index contributed by atoms with van der Waals surface area (Å²) in [4.78, 5) is 24.7. The summed E-state index contributed by atoms with van der Waals surface area (Å²) < 4.78 is 44.2. The van der Waals surface area contributed by atoms with Crippen molar-refractivity contribution < 1.29 is 32.2 Å². The maximum Gasteiger partial charge on any atom is 0.343 e. The van der Waals surface area contributed by atoms with E-state index in [0.717, 1.165) is 5.56 Å². The number of amides is 1. The van der Waals surface area contributed by atoms with E-state index in [-0.39, 0.29) is 29.3 Å². The Labute approximate surface area is 244 Å². The summed E-state index contributed by atoms with van der Waals surface area (Å²) in [5.74, 6) is -0.193. The van der Waals surface area contributed by atoms with Gasteiger partial charge in [-0.3, -0.25) is 9.10 Å². The lowest BCUT2D eigenvalue weighted by Crippen LogP contribution is -2.33. The summed E-state index contributed by atoms with van der Waals surface area (Å²) in [5, 5.41) is 4.04. The van der Waals surface area contributed by atoms with E-state index in [1.807, 2.05) is 30.3 Å². The number of rotatable bonds is 12. The van der Waals surface area contributed by atoms with E-state index in [1.54, 1.807) is 54.6 Å². The van der Waals surface area contributed by atoms with E-state index >= 15 is 0 Å². The molecule has 0 bridgehead atoms. The highest BCUT2D eigenvalue weighted by atomic mass is 32.2. The summed E-state index contributed by atoms with van der Waals surface area (Å²) >= 11 is 0. The SMILES string of the molecule is COC(=O)COc1cccc(/C=N\NC(=O)c2ccccc2N(Cc2ccccc2)S(=O)(=O)c2ccc(OC)cc2)c1. The molecule has 0 saturated carbocycles. The Morgan fingerprint density at radius 3 is 2.29 bits per heavy atom. The Bertz CT molecular complexity index is 1660. The minimum absolute atomic E-state index is 0.0128. The van der Waals surface area contributed by atoms with E-state index in [2.05, 4.69) is 15.3 Å². The quantitative estimate of drug-likeness (QED) is 0.148. The van der Waals surface area contributed by atoms with Gasteiger partial charge < -0.3 is 14.2 Å². The zero-order chi connectivity index (χ0) is 30.0. The fourth-order valence-corrected chi connectivity index (χ4v) is 5.39. The third-order valence-corrected chi connectivity index (χ3v) is 7.83. The summed E-state index contributed by atoms with van der Waals surface area (Å²) in [5.41, 5.74) is 4.09. The molecule has 216 valence electrons. The zero-order valence-electron chi connectivity index (χ0n) is 23.0. The first-order valence-corrected chi connectivity index (χ1v) is 14.2. The average Bonchev–Trinajstić information content (AvgIpc) is 3.03. The Morgan fingerprint density at radius 1 is 0.857 bits per heavy atom. The number of hydrogen-bond acceptors (Lipinski definition) is 8. The van der Waals surface area contributed by atoms with Gasteiger partial charge >= 0.3 is 5.97 Å². The Balaban J connectivity index is 1.61. The minimum Gasteiger partial charge on any atom is -0.497 e. The van der Waals surface area contributed by atoms with Gasteiger partial charge in [0, 0.05) is 0 Å². The van der Waals surface area contributed by atoms with Crippen molar-refractivity contribution in [1.29, 1.82) is 0 Å². The molecule has 4 aromatic rings. The van der Waals surface area contributed by atoms with Crippen molar-refractivity contribution in [2.24, 2.45) is 5.10 Å². The molecule has 1 N–H and O–H groups in total. The molecule has 42 heavy (non-hydrogen) atoms. The largest absolute Gasteiger partial charge is 0.497 e. The second-order valence-electron chi connectivity index (χ2n) is 8.83. The molecule has 0 heterocycles. The molecule has 4 aromatic carbocycles. The highest BCUT2D eigenvalue weighted by Gasteiger charge is 2.28. The van der Waals surface area contributed by atoms with Crippen molar-refractivity contribution >= 4 is 33.8 Å². The number of hydrogen-bond donors (Lipinski definition) is 1. The fraction of sp³-hybridized carbons (Fsp3) is 0.129. The smallest absolute Gasteiger partial charge is 0.343 e. The van der Waals surface area contributed by atoms with Crippen LogP contribution in [0.2, 0.25) is 0 Å². The first kappa shape index (κ1) is 29.8. The van der Waals surface area contributed by atoms with Gasteiger partial charge in [0.15, 0.2) is 6.61 Å². The Kier molecular flexibility index (Phi) is 9.90. The lowest BCUT2D eigenvalue weighted by molar-refractivity contribution is -0.142. The summed E-state index contributed by atoms with van der Waals surface area (Å²) in [7, 11) is -1.34. The third kappa shape index (κ3) is 7.52. The first-order chi connectivity index (χ1) is 20.3. The van der Waals surface area contributed by atoms with Gasteiger partial charge in [0.25, 0.3) is 15.9 Å². The number of hydrazone groups is 1. The molecular formula is C31H29N3O7S. The third-order valence-electron chi connectivity index (χ3n) is 6.06. The molecule has 0 saturated heterocycles. The van der Waals surface area contributed by atoms with Crippen LogP contribution in [0.3, 0.4) is 0 Å². The molecule has 0 aromatic heterocycles. The standard InChI is InChI=1S/C31H29N3O7S/c1-39-25-15-17-27(18-16-25)42(37,38)34(21-23-9-4-3-5-10-23)29-14-7-6-13-28(29)31(36)33-32-20-24-11-8-12-26(19-24)41-22-30(35)40-2/h3-20H,21-22H2,1-2H3,(H,33,36)/b32-20-. The van der Waals surface area contributed by atoms with E-state index in [4.69, 9.17) is 9.47 Å². The van der Waals surface area contributed by atoms with E-state index < -0.39 is 21.9 Å². The van der Waals surface area contributed by atoms with Gasteiger partial charge in [0.05, 0.1) is 43.1 Å². The van der Waals surface area contributed by atoms with Crippen LogP contribution in [0.25, 0.3) is 0 Å². The lowest BCUT2D eigenvalue weighted by atomic mass is 10.1. The number of anilines is 1. The van der Waals surface area contributed by atoms with Crippen LogP contribution in [-0.4, -0.2) is 47.3 Å². The predicted octanol–water partition coefficient (Wildman–Crippen LogP) is 4.41. The van der Waals surface area contributed by atoms with Crippen molar-refractivity contribution in [2.75, 3.05) is 25.1 Å². The van der Waals surface area contributed by atoms with Gasteiger partial charge in [-0.1, -0.05) is 54.6 Å². The second kappa shape index (κ2) is 14.0. The van der Waals surface area contributed by atoms with E-state index in [0.29, 0.717) is 17.1 Å². The highest BCUT2D eigenvalue weighted by Crippen LogP contribution is 2.30. The number of esters is 1. The molecule has 0 atom stereocenters. The zero-order valence-corrected chi connectivity index (χ0v) is 23.8. The second-order valence-corrected chi connectivity index (χ2v) is 10.7. The predicted molar refractivity (Wildman–Crippen MR) is 158 cm³/mol. The molecule has 10 nitrogen and oxygen atoms in total. The summed E-state index contributed by atoms with van der Waals surface area (Å²) in [6.07, 6.45) is 1.40. The van der Waals surface area contributed by atoms with Crippen LogP contribution in [0.5, 0.6) is 11.5 Å². The van der Waals surface area contributed by atoms with Gasteiger partial charge in [-0.15, -0.1) is 0 Å². The first-order valence-electron chi connectivity index (χ1n) is 12.7. The highest BCUT2D eigenvalue weighted by molar-refractivity contribution is 7.92. The maximum absolute atomic E-state index is 13.9. The monoisotopic (exact) mass is 587 g/mol. The number of ether oxygens (including phenoxy) is 3.